The van der Waals surface area contributed by atoms with Crippen molar-refractivity contribution in [1.29, 1.82) is 0 Å². The van der Waals surface area contributed by atoms with Crippen molar-refractivity contribution in [3.8, 4) is 34.5 Å². The lowest BCUT2D eigenvalue weighted by Gasteiger charge is -2.30. The summed E-state index contributed by atoms with van der Waals surface area (Å²) >= 11 is 0. The summed E-state index contributed by atoms with van der Waals surface area (Å²) in [4.78, 5) is 13.4. The lowest BCUT2D eigenvalue weighted by molar-refractivity contribution is 0.0251. The van der Waals surface area contributed by atoms with Gasteiger partial charge in [-0.25, -0.2) is 4.79 Å². The van der Waals surface area contributed by atoms with Gasteiger partial charge in [-0.05, 0) is 78.9 Å². The van der Waals surface area contributed by atoms with E-state index in [-0.39, 0.29) is 11.5 Å². The second kappa shape index (κ2) is 15.6. The van der Waals surface area contributed by atoms with E-state index in [0.717, 1.165) is 0 Å². The molecule has 0 aromatic heterocycles. The first-order valence-corrected chi connectivity index (χ1v) is 20.3. The standard InChI is InChI=1S/C44H32O10P2/c45-43-41-23-13-14-24-42(41)44(48-43,33-25-29-39(30-26-33)53-55(46,49-35-15-5-1-6-16-35)50-36-17-7-2-8-18-36)34-27-31-40(32-28-34)54-56(47,51-37-19-9-3-10-20-37)52-38-21-11-4-12-22-38/h1-32H. The highest BCUT2D eigenvalue weighted by atomic mass is 31.2. The smallest absolute Gasteiger partial charge is 0.441 e. The van der Waals surface area contributed by atoms with Gasteiger partial charge < -0.3 is 31.9 Å². The highest BCUT2D eigenvalue weighted by Gasteiger charge is 2.48. The zero-order chi connectivity index (χ0) is 38.4. The van der Waals surface area contributed by atoms with E-state index in [0.29, 0.717) is 45.3 Å². The molecule has 0 fully saturated rings. The number of benzene rings is 7. The molecule has 1 heterocycles. The molecular formula is C44H32O10P2. The van der Waals surface area contributed by atoms with Crippen molar-refractivity contribution in [2.75, 3.05) is 0 Å². The van der Waals surface area contributed by atoms with E-state index >= 15 is 0 Å². The number of rotatable bonds is 14. The van der Waals surface area contributed by atoms with Crippen LogP contribution in [0.3, 0.4) is 0 Å². The van der Waals surface area contributed by atoms with Gasteiger partial charge in [-0.1, -0.05) is 115 Å². The Kier molecular flexibility index (Phi) is 10.1. The molecule has 8 rings (SSSR count). The number of carbonyl (C=O) groups excluding carboxylic acids is 1. The topological polar surface area (TPSA) is 116 Å². The Morgan fingerprint density at radius 2 is 0.643 bits per heavy atom. The Hall–Kier alpha value is -6.73. The monoisotopic (exact) mass is 782 g/mol. The third-order valence-electron chi connectivity index (χ3n) is 8.57. The molecule has 7 aromatic rings. The second-order valence-electron chi connectivity index (χ2n) is 12.4. The minimum Gasteiger partial charge on any atom is -0.441 e. The number of phosphoric ester groups is 2. The van der Waals surface area contributed by atoms with Gasteiger partial charge in [-0.2, -0.15) is 9.13 Å². The lowest BCUT2D eigenvalue weighted by Crippen LogP contribution is -2.29. The molecule has 0 spiro atoms. The molecule has 0 unspecified atom stereocenters. The minimum absolute atomic E-state index is 0.174. The number of para-hydroxylation sites is 4. The van der Waals surface area contributed by atoms with Crippen molar-refractivity contribution >= 4 is 21.6 Å². The zero-order valence-corrected chi connectivity index (χ0v) is 31.2. The van der Waals surface area contributed by atoms with Crippen LogP contribution in [0.4, 0.5) is 0 Å². The second-order valence-corrected chi connectivity index (χ2v) is 15.2. The van der Waals surface area contributed by atoms with E-state index in [1.807, 2.05) is 12.1 Å². The Balaban J connectivity index is 1.11. The van der Waals surface area contributed by atoms with Crippen molar-refractivity contribution in [2.24, 2.45) is 0 Å². The first-order chi connectivity index (χ1) is 27.3. The first-order valence-electron chi connectivity index (χ1n) is 17.4. The average molecular weight is 783 g/mol. The van der Waals surface area contributed by atoms with Gasteiger partial charge >= 0.3 is 21.6 Å². The largest absolute Gasteiger partial charge is 0.647 e. The molecule has 0 radical (unpaired) electrons. The fourth-order valence-corrected chi connectivity index (χ4v) is 8.63. The normalized spacial score (nSPS) is 13.1. The molecule has 278 valence electrons. The van der Waals surface area contributed by atoms with E-state index in [2.05, 4.69) is 0 Å². The van der Waals surface area contributed by atoms with E-state index < -0.39 is 27.2 Å². The summed E-state index contributed by atoms with van der Waals surface area (Å²) in [6, 6.07) is 54.6. The summed E-state index contributed by atoms with van der Waals surface area (Å²) in [6.45, 7) is 0. The Morgan fingerprint density at radius 3 is 0.982 bits per heavy atom. The molecule has 0 saturated heterocycles. The van der Waals surface area contributed by atoms with Crippen molar-refractivity contribution in [1.82, 2.24) is 0 Å². The summed E-state index contributed by atoms with van der Waals surface area (Å²) in [5.74, 6) is 0.992. The number of esters is 1. The van der Waals surface area contributed by atoms with E-state index in [1.165, 1.54) is 0 Å². The molecule has 56 heavy (non-hydrogen) atoms. The molecule has 0 bridgehead atoms. The summed E-state index contributed by atoms with van der Waals surface area (Å²) in [5, 5.41) is 0. The van der Waals surface area contributed by atoms with Gasteiger partial charge in [0.05, 0.1) is 5.56 Å². The fourth-order valence-electron chi connectivity index (χ4n) is 6.13. The predicted molar refractivity (Wildman–Crippen MR) is 209 cm³/mol. The molecule has 0 atom stereocenters. The minimum atomic E-state index is -4.27. The number of cyclic esters (lactones) is 1. The molecule has 7 aromatic carbocycles. The van der Waals surface area contributed by atoms with Crippen LogP contribution in [0, 0.1) is 0 Å². The van der Waals surface area contributed by atoms with Crippen LogP contribution in [-0.2, 0) is 19.5 Å². The van der Waals surface area contributed by atoms with Crippen LogP contribution in [0.15, 0.2) is 194 Å². The van der Waals surface area contributed by atoms with Gasteiger partial charge in [0.25, 0.3) is 0 Å². The SMILES string of the molecule is O=C1OC(c2ccc(OP(=O)(Oc3ccccc3)Oc3ccccc3)cc2)(c2ccc(OP(=O)(Oc3ccccc3)Oc3ccccc3)cc2)c2ccccc21. The summed E-state index contributed by atoms with van der Waals surface area (Å²) in [5.41, 5.74) is 0.695. The summed E-state index contributed by atoms with van der Waals surface area (Å²) in [7, 11) is -8.55. The molecule has 1 aliphatic heterocycles. The van der Waals surface area contributed by atoms with Crippen molar-refractivity contribution in [3.05, 3.63) is 216 Å². The number of phosphoric acid groups is 2. The van der Waals surface area contributed by atoms with Crippen LogP contribution in [0.5, 0.6) is 34.5 Å². The first kappa shape index (κ1) is 36.3. The molecule has 0 saturated carbocycles. The third-order valence-corrected chi connectivity index (χ3v) is 11.2. The highest BCUT2D eigenvalue weighted by Crippen LogP contribution is 2.53. The van der Waals surface area contributed by atoms with Crippen molar-refractivity contribution in [2.45, 2.75) is 5.60 Å². The van der Waals surface area contributed by atoms with Gasteiger partial charge in [0, 0.05) is 16.7 Å². The van der Waals surface area contributed by atoms with E-state index in [9.17, 15) is 13.9 Å². The van der Waals surface area contributed by atoms with Crippen LogP contribution in [-0.4, -0.2) is 5.97 Å². The fraction of sp³-hybridized carbons (Fsp3) is 0.0227. The maximum atomic E-state index is 14.1. The summed E-state index contributed by atoms with van der Waals surface area (Å²) < 4.78 is 69.5. The zero-order valence-electron chi connectivity index (χ0n) is 29.5. The van der Waals surface area contributed by atoms with Crippen LogP contribution >= 0.6 is 15.6 Å². The van der Waals surface area contributed by atoms with Crippen LogP contribution in [0.1, 0.15) is 27.0 Å². The lowest BCUT2D eigenvalue weighted by atomic mass is 9.80. The summed E-state index contributed by atoms with van der Waals surface area (Å²) in [6.07, 6.45) is 0. The number of carbonyl (C=O) groups is 1. The number of ether oxygens (including phenoxy) is 1. The molecule has 1 aliphatic rings. The molecular weight excluding hydrogens is 750 g/mol. The number of hydrogen-bond acceptors (Lipinski definition) is 10. The Bertz CT molecular complexity index is 2280. The highest BCUT2D eigenvalue weighted by molar-refractivity contribution is 7.50. The predicted octanol–water partition coefficient (Wildman–Crippen LogP) is 11.4. The van der Waals surface area contributed by atoms with Crippen LogP contribution in [0.2, 0.25) is 0 Å². The van der Waals surface area contributed by atoms with E-state index in [1.54, 1.807) is 182 Å². The van der Waals surface area contributed by atoms with Gasteiger partial charge in [0.15, 0.2) is 5.60 Å². The van der Waals surface area contributed by atoms with Gasteiger partial charge in [0.1, 0.15) is 34.5 Å². The maximum absolute atomic E-state index is 14.1. The quantitative estimate of drug-likeness (QED) is 0.0779. The van der Waals surface area contributed by atoms with E-state index in [4.69, 9.17) is 31.9 Å². The van der Waals surface area contributed by atoms with Crippen molar-refractivity contribution in [3.63, 3.8) is 0 Å². The number of hydrogen-bond donors (Lipinski definition) is 0. The molecule has 12 heteroatoms. The van der Waals surface area contributed by atoms with Gasteiger partial charge in [-0.15, -0.1) is 0 Å². The Morgan fingerprint density at radius 1 is 0.357 bits per heavy atom. The number of fused-ring (bicyclic) bond motifs is 1. The Labute approximate surface area is 323 Å². The molecule has 10 nitrogen and oxygen atoms in total. The molecule has 0 N–H and O–H groups in total. The van der Waals surface area contributed by atoms with Crippen LogP contribution < -0.4 is 27.1 Å². The van der Waals surface area contributed by atoms with Gasteiger partial charge in [-0.3, -0.25) is 0 Å². The maximum Gasteiger partial charge on any atom is 0.647 e. The van der Waals surface area contributed by atoms with Crippen molar-refractivity contribution < 1.29 is 45.8 Å². The third kappa shape index (κ3) is 7.89. The molecule has 0 aliphatic carbocycles. The molecule has 0 amide bonds. The van der Waals surface area contributed by atoms with Crippen LogP contribution in [0.25, 0.3) is 0 Å². The van der Waals surface area contributed by atoms with Gasteiger partial charge in [0.2, 0.25) is 0 Å². The average Bonchev–Trinajstić information content (AvgIpc) is 3.52.